The lowest BCUT2D eigenvalue weighted by atomic mass is 9.99. The van der Waals surface area contributed by atoms with Crippen LogP contribution in [-0.4, -0.2) is 58.0 Å². The fourth-order valence-corrected chi connectivity index (χ4v) is 3.39. The molecule has 0 aromatic heterocycles. The van der Waals surface area contributed by atoms with Crippen molar-refractivity contribution in [2.75, 3.05) is 40.5 Å². The lowest BCUT2D eigenvalue weighted by Gasteiger charge is -2.30. The van der Waals surface area contributed by atoms with Gasteiger partial charge in [0.05, 0.1) is 0 Å². The van der Waals surface area contributed by atoms with Crippen molar-refractivity contribution in [3.05, 3.63) is 17.7 Å². The molecule has 7 nitrogen and oxygen atoms in total. The van der Waals surface area contributed by atoms with Gasteiger partial charge in [-0.2, -0.15) is 8.78 Å². The summed E-state index contributed by atoms with van der Waals surface area (Å²) in [6, 6.07) is 3.08. The van der Waals surface area contributed by atoms with Crippen LogP contribution in [0.5, 0.6) is 17.2 Å². The number of aliphatic imine (C=N–C) groups is 1. The van der Waals surface area contributed by atoms with Gasteiger partial charge in [-0.05, 0) is 38.4 Å². The van der Waals surface area contributed by atoms with Crippen LogP contribution in [0.1, 0.15) is 18.4 Å². The third kappa shape index (κ3) is 5.35. The Bertz CT molecular complexity index is 672. The van der Waals surface area contributed by atoms with E-state index in [1.54, 1.807) is 13.1 Å². The maximum Gasteiger partial charge on any atom is 0.387 e. The highest BCUT2D eigenvalue weighted by Gasteiger charge is 2.21. The minimum atomic E-state index is -2.91. The average molecular weight is 384 g/mol. The maximum atomic E-state index is 12.7. The SMILES string of the molecule is CN=C(NCc1cc2c(cc1OC(F)F)OCO2)NCC1CCCN(C)C1. The third-order valence-corrected chi connectivity index (χ3v) is 4.72. The minimum absolute atomic E-state index is 0.0612. The number of rotatable bonds is 6. The molecule has 0 spiro atoms. The highest BCUT2D eigenvalue weighted by atomic mass is 19.3. The zero-order valence-corrected chi connectivity index (χ0v) is 15.6. The summed E-state index contributed by atoms with van der Waals surface area (Å²) in [5, 5.41) is 6.46. The number of nitrogens with one attached hydrogen (secondary N) is 2. The van der Waals surface area contributed by atoms with Gasteiger partial charge in [-0.25, -0.2) is 0 Å². The monoisotopic (exact) mass is 384 g/mol. The Morgan fingerprint density at radius 2 is 2.11 bits per heavy atom. The molecular weight excluding hydrogens is 358 g/mol. The summed E-state index contributed by atoms with van der Waals surface area (Å²) in [6.45, 7) is 0.428. The molecule has 1 saturated heterocycles. The second-order valence-electron chi connectivity index (χ2n) is 6.77. The number of piperidine rings is 1. The summed E-state index contributed by atoms with van der Waals surface area (Å²) in [5.74, 6) is 2.15. The van der Waals surface area contributed by atoms with Crippen LogP contribution in [0.2, 0.25) is 0 Å². The highest BCUT2D eigenvalue weighted by Crippen LogP contribution is 2.38. The molecule has 0 radical (unpaired) electrons. The van der Waals surface area contributed by atoms with Crippen LogP contribution in [0.4, 0.5) is 8.78 Å². The quantitative estimate of drug-likeness (QED) is 0.578. The van der Waals surface area contributed by atoms with Gasteiger partial charge in [-0.15, -0.1) is 0 Å². The van der Waals surface area contributed by atoms with E-state index in [0.717, 1.165) is 19.6 Å². The number of alkyl halides is 2. The molecule has 1 aromatic rings. The summed E-state index contributed by atoms with van der Waals surface area (Å²) < 4.78 is 40.6. The molecule has 0 amide bonds. The molecule has 0 saturated carbocycles. The Labute approximate surface area is 157 Å². The molecule has 1 atom stereocenters. The molecule has 2 N–H and O–H groups in total. The normalized spacial score (nSPS) is 20.0. The predicted molar refractivity (Wildman–Crippen MR) is 97.6 cm³/mol. The van der Waals surface area contributed by atoms with E-state index in [4.69, 9.17) is 9.47 Å². The summed E-state index contributed by atoms with van der Waals surface area (Å²) in [5.41, 5.74) is 0.542. The largest absolute Gasteiger partial charge is 0.454 e. The first-order valence-electron chi connectivity index (χ1n) is 9.05. The lowest BCUT2D eigenvalue weighted by molar-refractivity contribution is -0.0505. The number of ether oxygens (including phenoxy) is 3. The molecule has 27 heavy (non-hydrogen) atoms. The zero-order valence-electron chi connectivity index (χ0n) is 15.6. The van der Waals surface area contributed by atoms with Crippen LogP contribution in [0.15, 0.2) is 17.1 Å². The molecule has 9 heteroatoms. The van der Waals surface area contributed by atoms with Crippen molar-refractivity contribution in [2.24, 2.45) is 10.9 Å². The Balaban J connectivity index is 1.59. The molecule has 2 aliphatic heterocycles. The maximum absolute atomic E-state index is 12.7. The van der Waals surface area contributed by atoms with Gasteiger partial charge in [0.25, 0.3) is 0 Å². The van der Waals surface area contributed by atoms with Crippen LogP contribution in [0.3, 0.4) is 0 Å². The standard InChI is InChI=1S/C18H26F2N4O3/c1-21-18(22-8-12-4-3-5-24(2)10-12)23-9-13-6-15-16(26-11-25-15)7-14(13)27-17(19)20/h6-7,12,17H,3-5,8-11H2,1-2H3,(H2,21,22,23). The van der Waals surface area contributed by atoms with E-state index in [-0.39, 0.29) is 19.1 Å². The van der Waals surface area contributed by atoms with E-state index >= 15 is 0 Å². The number of guanidine groups is 1. The highest BCUT2D eigenvalue weighted by molar-refractivity contribution is 5.79. The third-order valence-electron chi connectivity index (χ3n) is 4.72. The van der Waals surface area contributed by atoms with Gasteiger partial charge >= 0.3 is 6.61 Å². The van der Waals surface area contributed by atoms with Crippen LogP contribution >= 0.6 is 0 Å². The van der Waals surface area contributed by atoms with Gasteiger partial charge in [0.2, 0.25) is 6.79 Å². The van der Waals surface area contributed by atoms with Crippen LogP contribution in [0, 0.1) is 5.92 Å². The minimum Gasteiger partial charge on any atom is -0.454 e. The molecule has 150 valence electrons. The van der Waals surface area contributed by atoms with E-state index in [1.165, 1.54) is 18.9 Å². The van der Waals surface area contributed by atoms with Crippen LogP contribution in [0.25, 0.3) is 0 Å². The zero-order chi connectivity index (χ0) is 19.2. The van der Waals surface area contributed by atoms with Gasteiger partial charge in [-0.3, -0.25) is 4.99 Å². The summed E-state index contributed by atoms with van der Waals surface area (Å²) >= 11 is 0. The topological polar surface area (TPSA) is 67.4 Å². The van der Waals surface area contributed by atoms with E-state index in [2.05, 4.69) is 32.3 Å². The number of benzene rings is 1. The molecular formula is C18H26F2N4O3. The average Bonchev–Trinajstić information content (AvgIpc) is 3.08. The van der Waals surface area contributed by atoms with Crippen molar-refractivity contribution in [1.29, 1.82) is 0 Å². The Morgan fingerprint density at radius 3 is 2.81 bits per heavy atom. The molecule has 1 fully saturated rings. The van der Waals surface area contributed by atoms with Crippen molar-refractivity contribution < 1.29 is 23.0 Å². The second kappa shape index (κ2) is 9.07. The lowest BCUT2D eigenvalue weighted by Crippen LogP contribution is -2.43. The first-order valence-corrected chi connectivity index (χ1v) is 9.05. The van der Waals surface area contributed by atoms with Crippen molar-refractivity contribution in [3.8, 4) is 17.2 Å². The van der Waals surface area contributed by atoms with Crippen LogP contribution in [-0.2, 0) is 6.54 Å². The molecule has 3 rings (SSSR count). The van der Waals surface area contributed by atoms with Crippen molar-refractivity contribution in [1.82, 2.24) is 15.5 Å². The van der Waals surface area contributed by atoms with Gasteiger partial charge in [0, 0.05) is 38.3 Å². The molecule has 1 unspecified atom stereocenters. The fraction of sp³-hybridized carbons (Fsp3) is 0.611. The summed E-state index contributed by atoms with van der Waals surface area (Å²) in [7, 11) is 3.81. The first-order chi connectivity index (χ1) is 13.0. The van der Waals surface area contributed by atoms with Crippen molar-refractivity contribution in [2.45, 2.75) is 26.0 Å². The van der Waals surface area contributed by atoms with E-state index in [0.29, 0.717) is 28.9 Å². The van der Waals surface area contributed by atoms with Gasteiger partial charge in [-0.1, -0.05) is 0 Å². The number of fused-ring (bicyclic) bond motifs is 1. The number of hydrogen-bond acceptors (Lipinski definition) is 5. The van der Waals surface area contributed by atoms with E-state index < -0.39 is 6.61 Å². The Hall–Kier alpha value is -2.29. The molecule has 0 aliphatic carbocycles. The van der Waals surface area contributed by atoms with Gasteiger partial charge in [0.15, 0.2) is 17.5 Å². The fourth-order valence-electron chi connectivity index (χ4n) is 3.39. The second-order valence-corrected chi connectivity index (χ2v) is 6.77. The van der Waals surface area contributed by atoms with Crippen molar-refractivity contribution in [3.63, 3.8) is 0 Å². The molecule has 0 bridgehead atoms. The van der Waals surface area contributed by atoms with Crippen LogP contribution < -0.4 is 24.8 Å². The Kier molecular flexibility index (Phi) is 6.54. The van der Waals surface area contributed by atoms with E-state index in [1.807, 2.05) is 0 Å². The number of hydrogen-bond donors (Lipinski definition) is 2. The number of halogens is 2. The molecule has 1 aromatic carbocycles. The molecule has 2 heterocycles. The summed E-state index contributed by atoms with van der Waals surface area (Å²) in [6.07, 6.45) is 2.38. The van der Waals surface area contributed by atoms with E-state index in [9.17, 15) is 8.78 Å². The predicted octanol–water partition coefficient (Wildman–Crippen LogP) is 2.02. The smallest absolute Gasteiger partial charge is 0.387 e. The number of likely N-dealkylation sites (tertiary alicyclic amines) is 1. The van der Waals surface area contributed by atoms with Gasteiger partial charge < -0.3 is 29.7 Å². The Morgan fingerprint density at radius 1 is 1.33 bits per heavy atom. The number of nitrogens with zero attached hydrogens (tertiary/aromatic N) is 2. The van der Waals surface area contributed by atoms with Gasteiger partial charge in [0.1, 0.15) is 5.75 Å². The summed E-state index contributed by atoms with van der Waals surface area (Å²) in [4.78, 5) is 6.53. The first kappa shape index (κ1) is 19.5. The van der Waals surface area contributed by atoms with Crippen molar-refractivity contribution >= 4 is 5.96 Å². The molecule has 2 aliphatic rings.